The number of carbonyl (C=O) groups is 2. The van der Waals surface area contributed by atoms with Crippen LogP contribution in [0, 0.1) is 11.6 Å². The Morgan fingerprint density at radius 3 is 2.73 bits per heavy atom. The standard InChI is InChI=1S/C19H18F2N2O3/c1-23(10-11-3-6-17(26-2)15(21)7-11)19(25)14-9-18(24)22-16-8-12(20)4-5-13(14)16/h3-8,14H,9-10H2,1-2H3,(H,22,24)/t14-/m0/s1. The van der Waals surface area contributed by atoms with E-state index in [1.54, 1.807) is 13.1 Å². The van der Waals surface area contributed by atoms with Gasteiger partial charge in [0.1, 0.15) is 5.82 Å². The van der Waals surface area contributed by atoms with Crippen LogP contribution in [0.2, 0.25) is 0 Å². The second-order valence-electron chi connectivity index (χ2n) is 6.20. The summed E-state index contributed by atoms with van der Waals surface area (Å²) < 4.78 is 32.1. The van der Waals surface area contributed by atoms with E-state index in [1.165, 1.54) is 42.3 Å². The van der Waals surface area contributed by atoms with E-state index in [1.807, 2.05) is 0 Å². The Bertz CT molecular complexity index is 870. The molecule has 26 heavy (non-hydrogen) atoms. The molecule has 0 aromatic heterocycles. The van der Waals surface area contributed by atoms with Gasteiger partial charge in [-0.3, -0.25) is 9.59 Å². The molecule has 3 rings (SSSR count). The number of methoxy groups -OCH3 is 1. The van der Waals surface area contributed by atoms with Crippen molar-refractivity contribution in [3.05, 3.63) is 59.2 Å². The van der Waals surface area contributed by atoms with Crippen molar-refractivity contribution in [1.82, 2.24) is 4.90 Å². The number of hydrogen-bond donors (Lipinski definition) is 1. The smallest absolute Gasteiger partial charge is 0.230 e. The van der Waals surface area contributed by atoms with Crippen LogP contribution in [0.4, 0.5) is 14.5 Å². The van der Waals surface area contributed by atoms with Crippen molar-refractivity contribution in [2.45, 2.75) is 18.9 Å². The van der Waals surface area contributed by atoms with Gasteiger partial charge in [-0.2, -0.15) is 0 Å². The lowest BCUT2D eigenvalue weighted by atomic mass is 9.89. The first kappa shape index (κ1) is 17.8. The van der Waals surface area contributed by atoms with Gasteiger partial charge in [0.15, 0.2) is 11.6 Å². The molecule has 1 aliphatic heterocycles. The van der Waals surface area contributed by atoms with Crippen LogP contribution >= 0.6 is 0 Å². The predicted molar refractivity (Wildman–Crippen MR) is 91.8 cm³/mol. The molecule has 5 nitrogen and oxygen atoms in total. The Hall–Kier alpha value is -2.96. The van der Waals surface area contributed by atoms with Gasteiger partial charge in [-0.15, -0.1) is 0 Å². The maximum absolute atomic E-state index is 13.8. The highest BCUT2D eigenvalue weighted by Gasteiger charge is 2.32. The molecule has 1 atom stereocenters. The van der Waals surface area contributed by atoms with Crippen molar-refractivity contribution in [1.29, 1.82) is 0 Å². The number of nitrogens with zero attached hydrogens (tertiary/aromatic N) is 1. The molecular formula is C19H18F2N2O3. The van der Waals surface area contributed by atoms with Gasteiger partial charge in [0, 0.05) is 25.7 Å². The topological polar surface area (TPSA) is 58.6 Å². The van der Waals surface area contributed by atoms with E-state index in [2.05, 4.69) is 5.32 Å². The van der Waals surface area contributed by atoms with Crippen LogP contribution in [0.15, 0.2) is 36.4 Å². The number of fused-ring (bicyclic) bond motifs is 1. The van der Waals surface area contributed by atoms with Crippen LogP contribution in [-0.2, 0) is 16.1 Å². The molecule has 1 heterocycles. The summed E-state index contributed by atoms with van der Waals surface area (Å²) >= 11 is 0. The van der Waals surface area contributed by atoms with Gasteiger partial charge in [0.25, 0.3) is 0 Å². The number of likely N-dealkylation sites (N-methyl/N-ethyl adjacent to an activating group) is 1. The van der Waals surface area contributed by atoms with E-state index in [4.69, 9.17) is 4.74 Å². The quantitative estimate of drug-likeness (QED) is 0.912. The van der Waals surface area contributed by atoms with E-state index in [0.29, 0.717) is 16.8 Å². The van der Waals surface area contributed by atoms with Gasteiger partial charge >= 0.3 is 0 Å². The molecule has 0 saturated carbocycles. The summed E-state index contributed by atoms with van der Waals surface area (Å²) in [5.41, 5.74) is 1.48. The Labute approximate surface area is 149 Å². The monoisotopic (exact) mass is 360 g/mol. The Balaban J connectivity index is 1.81. The van der Waals surface area contributed by atoms with Gasteiger partial charge in [-0.25, -0.2) is 8.78 Å². The lowest BCUT2D eigenvalue weighted by Gasteiger charge is -2.28. The molecule has 0 bridgehead atoms. The molecule has 1 N–H and O–H groups in total. The van der Waals surface area contributed by atoms with Crippen LogP contribution in [0.25, 0.3) is 0 Å². The third-order valence-electron chi connectivity index (χ3n) is 4.36. The molecule has 2 aromatic rings. The maximum atomic E-state index is 13.8. The van der Waals surface area contributed by atoms with Crippen molar-refractivity contribution in [3.8, 4) is 5.75 Å². The van der Waals surface area contributed by atoms with Gasteiger partial charge in [0.05, 0.1) is 13.0 Å². The fourth-order valence-electron chi connectivity index (χ4n) is 3.08. The fraction of sp³-hybridized carbons (Fsp3) is 0.263. The summed E-state index contributed by atoms with van der Waals surface area (Å²) in [6.45, 7) is 0.175. The average Bonchev–Trinajstić information content (AvgIpc) is 2.60. The minimum absolute atomic E-state index is 0.0151. The normalized spacial score (nSPS) is 15.8. The molecule has 0 saturated heterocycles. The van der Waals surface area contributed by atoms with Crippen molar-refractivity contribution >= 4 is 17.5 Å². The molecule has 2 amide bonds. The van der Waals surface area contributed by atoms with Crippen molar-refractivity contribution in [2.75, 3.05) is 19.5 Å². The van der Waals surface area contributed by atoms with Gasteiger partial charge in [0.2, 0.25) is 11.8 Å². The summed E-state index contributed by atoms with van der Waals surface area (Å²) in [5.74, 6) is -2.20. The lowest BCUT2D eigenvalue weighted by Crippen LogP contribution is -2.36. The summed E-state index contributed by atoms with van der Waals surface area (Å²) in [7, 11) is 2.96. The number of amides is 2. The highest BCUT2D eigenvalue weighted by molar-refractivity contribution is 6.01. The van der Waals surface area contributed by atoms with Crippen LogP contribution in [0.5, 0.6) is 5.75 Å². The number of nitrogens with one attached hydrogen (secondary N) is 1. The summed E-state index contributed by atoms with van der Waals surface area (Å²) in [4.78, 5) is 26.1. The van der Waals surface area contributed by atoms with Crippen LogP contribution < -0.4 is 10.1 Å². The zero-order valence-electron chi connectivity index (χ0n) is 14.4. The Morgan fingerprint density at radius 1 is 1.27 bits per heavy atom. The number of hydrogen-bond acceptors (Lipinski definition) is 3. The van der Waals surface area contributed by atoms with Gasteiger partial charge < -0.3 is 15.0 Å². The molecule has 1 aliphatic rings. The third kappa shape index (κ3) is 3.51. The Morgan fingerprint density at radius 2 is 2.04 bits per heavy atom. The molecule has 0 aliphatic carbocycles. The van der Waals surface area contributed by atoms with E-state index in [0.717, 1.165) is 0 Å². The predicted octanol–water partition coefficient (Wildman–Crippen LogP) is 3.06. The van der Waals surface area contributed by atoms with Crippen molar-refractivity contribution < 1.29 is 23.1 Å². The SMILES string of the molecule is COc1ccc(CN(C)C(=O)[C@H]2CC(=O)Nc3cc(F)ccc32)cc1F. The average molecular weight is 360 g/mol. The van der Waals surface area contributed by atoms with E-state index < -0.39 is 17.6 Å². The van der Waals surface area contributed by atoms with Gasteiger partial charge in [-0.1, -0.05) is 12.1 Å². The largest absolute Gasteiger partial charge is 0.494 e. The first-order valence-corrected chi connectivity index (χ1v) is 8.05. The third-order valence-corrected chi connectivity index (χ3v) is 4.36. The summed E-state index contributed by atoms with van der Waals surface area (Å²) in [5, 5.41) is 2.58. The first-order valence-electron chi connectivity index (χ1n) is 8.05. The Kier molecular flexibility index (Phi) is 4.88. The van der Waals surface area contributed by atoms with E-state index >= 15 is 0 Å². The van der Waals surface area contributed by atoms with Crippen LogP contribution in [-0.4, -0.2) is 30.9 Å². The number of ether oxygens (including phenoxy) is 1. The molecule has 0 fully saturated rings. The molecule has 7 heteroatoms. The van der Waals surface area contributed by atoms with Gasteiger partial charge in [-0.05, 0) is 35.4 Å². The summed E-state index contributed by atoms with van der Waals surface area (Å²) in [6.07, 6.45) is -0.0151. The van der Waals surface area contributed by atoms with Crippen LogP contribution in [0.1, 0.15) is 23.5 Å². The molecular weight excluding hydrogens is 342 g/mol. The number of rotatable bonds is 4. The first-order chi connectivity index (χ1) is 12.4. The molecule has 0 radical (unpaired) electrons. The molecule has 2 aromatic carbocycles. The number of benzene rings is 2. The second-order valence-corrected chi connectivity index (χ2v) is 6.20. The minimum Gasteiger partial charge on any atom is -0.494 e. The molecule has 0 spiro atoms. The number of halogens is 2. The molecule has 136 valence electrons. The maximum Gasteiger partial charge on any atom is 0.230 e. The lowest BCUT2D eigenvalue weighted by molar-refractivity contribution is -0.134. The van der Waals surface area contributed by atoms with Crippen molar-refractivity contribution in [3.63, 3.8) is 0 Å². The highest BCUT2D eigenvalue weighted by atomic mass is 19.1. The van der Waals surface area contributed by atoms with Crippen molar-refractivity contribution in [2.24, 2.45) is 0 Å². The molecule has 0 unspecified atom stereocenters. The van der Waals surface area contributed by atoms with Crippen LogP contribution in [0.3, 0.4) is 0 Å². The minimum atomic E-state index is -0.701. The zero-order chi connectivity index (χ0) is 18.8. The summed E-state index contributed by atoms with van der Waals surface area (Å²) in [6, 6.07) is 8.44. The van der Waals surface area contributed by atoms with E-state index in [-0.39, 0.29) is 30.5 Å². The highest BCUT2D eigenvalue weighted by Crippen LogP contribution is 2.34. The number of anilines is 1. The fourth-order valence-corrected chi connectivity index (χ4v) is 3.08. The zero-order valence-corrected chi connectivity index (χ0v) is 14.4. The van der Waals surface area contributed by atoms with E-state index in [9.17, 15) is 18.4 Å². The number of carbonyl (C=O) groups excluding carboxylic acids is 2. The second kappa shape index (κ2) is 7.11.